The van der Waals surface area contributed by atoms with Gasteiger partial charge in [-0.25, -0.2) is 12.7 Å². The summed E-state index contributed by atoms with van der Waals surface area (Å²) in [5.41, 5.74) is 2.56. The zero-order valence-electron chi connectivity index (χ0n) is 15.1. The van der Waals surface area contributed by atoms with Gasteiger partial charge in [0, 0.05) is 6.54 Å². The number of carbonyl (C=O) groups excluding carboxylic acids is 1. The second-order valence-corrected chi connectivity index (χ2v) is 8.35. The molecule has 1 aliphatic heterocycles. The molecule has 134 valence electrons. The molecule has 5 heteroatoms. The van der Waals surface area contributed by atoms with Crippen LogP contribution in [0.15, 0.2) is 17.0 Å². The monoisotopic (exact) mass is 351 g/mol. The maximum Gasteiger partial charge on any atom is 0.269 e. The number of aryl methyl sites for hydroxylation is 1. The summed E-state index contributed by atoms with van der Waals surface area (Å²) in [7, 11) is -3.67. The molecule has 4 nitrogen and oxygen atoms in total. The number of benzene rings is 1. The molecule has 0 aliphatic carbocycles. The van der Waals surface area contributed by atoms with Gasteiger partial charge in [0.25, 0.3) is 15.9 Å². The molecule has 1 aromatic carbocycles. The number of carbonyl (C=O) groups is 1. The second-order valence-electron chi connectivity index (χ2n) is 6.52. The maximum absolute atomic E-state index is 12.9. The second kappa shape index (κ2) is 8.15. The van der Waals surface area contributed by atoms with E-state index in [1.807, 2.05) is 13.0 Å². The van der Waals surface area contributed by atoms with Gasteiger partial charge in [-0.05, 0) is 49.3 Å². The Kier molecular flexibility index (Phi) is 6.44. The summed E-state index contributed by atoms with van der Waals surface area (Å²) in [5.74, 6) is -0.317. The van der Waals surface area contributed by atoms with Gasteiger partial charge in [-0.3, -0.25) is 4.79 Å². The van der Waals surface area contributed by atoms with E-state index in [9.17, 15) is 13.2 Å². The van der Waals surface area contributed by atoms with Crippen LogP contribution in [0.1, 0.15) is 80.8 Å². The SMILES string of the molecule is CCCCc1ccc2c(c1CCCC)C(=O)N(CCCC)S2(=O)=O. The number of unbranched alkanes of at least 4 members (excludes halogenated alkanes) is 3. The van der Waals surface area contributed by atoms with Crippen LogP contribution in [0.3, 0.4) is 0 Å². The predicted octanol–water partition coefficient (Wildman–Crippen LogP) is 4.32. The van der Waals surface area contributed by atoms with Crippen LogP contribution < -0.4 is 0 Å². The summed E-state index contributed by atoms with van der Waals surface area (Å²) in [4.78, 5) is 13.1. The summed E-state index contributed by atoms with van der Waals surface area (Å²) in [6.45, 7) is 6.53. The third-order valence-electron chi connectivity index (χ3n) is 4.67. The highest BCUT2D eigenvalue weighted by atomic mass is 32.2. The average molecular weight is 352 g/mol. The number of sulfonamides is 1. The van der Waals surface area contributed by atoms with Gasteiger partial charge in [0.2, 0.25) is 0 Å². The van der Waals surface area contributed by atoms with Crippen molar-refractivity contribution in [3.63, 3.8) is 0 Å². The molecule has 2 rings (SSSR count). The first-order valence-corrected chi connectivity index (χ1v) is 10.6. The van der Waals surface area contributed by atoms with Crippen molar-refractivity contribution >= 4 is 15.9 Å². The van der Waals surface area contributed by atoms with Crippen molar-refractivity contribution in [2.75, 3.05) is 6.54 Å². The number of rotatable bonds is 9. The Hall–Kier alpha value is -1.36. The lowest BCUT2D eigenvalue weighted by atomic mass is 9.93. The molecule has 1 aliphatic rings. The minimum atomic E-state index is -3.67. The van der Waals surface area contributed by atoms with E-state index in [1.54, 1.807) is 6.07 Å². The Bertz CT molecular complexity index is 695. The van der Waals surface area contributed by atoms with Crippen molar-refractivity contribution in [3.05, 3.63) is 28.8 Å². The lowest BCUT2D eigenvalue weighted by molar-refractivity contribution is 0.0869. The van der Waals surface area contributed by atoms with Crippen LogP contribution in [0, 0.1) is 0 Å². The molecule has 1 amide bonds. The molecule has 0 unspecified atom stereocenters. The molecule has 0 N–H and O–H groups in total. The summed E-state index contributed by atoms with van der Waals surface area (Å²) >= 11 is 0. The van der Waals surface area contributed by atoms with Crippen molar-refractivity contribution < 1.29 is 13.2 Å². The molecule has 0 fully saturated rings. The van der Waals surface area contributed by atoms with Gasteiger partial charge in [-0.15, -0.1) is 0 Å². The molecular formula is C19H29NO3S. The molecule has 0 spiro atoms. The molecular weight excluding hydrogens is 322 g/mol. The number of fused-ring (bicyclic) bond motifs is 1. The summed E-state index contributed by atoms with van der Waals surface area (Å²) in [5, 5.41) is 0. The topological polar surface area (TPSA) is 54.5 Å². The van der Waals surface area contributed by atoms with E-state index in [-0.39, 0.29) is 17.3 Å². The first-order valence-electron chi connectivity index (χ1n) is 9.20. The van der Waals surface area contributed by atoms with E-state index in [0.29, 0.717) is 12.0 Å². The first kappa shape index (κ1) is 19.0. The fraction of sp³-hybridized carbons (Fsp3) is 0.632. The van der Waals surface area contributed by atoms with Crippen LogP contribution in [0.4, 0.5) is 0 Å². The Morgan fingerprint density at radius 2 is 1.54 bits per heavy atom. The van der Waals surface area contributed by atoms with E-state index < -0.39 is 10.0 Å². The fourth-order valence-corrected chi connectivity index (χ4v) is 4.86. The first-order chi connectivity index (χ1) is 11.5. The van der Waals surface area contributed by atoms with Crippen molar-refractivity contribution in [1.82, 2.24) is 4.31 Å². The van der Waals surface area contributed by atoms with Crippen LogP contribution in [0.25, 0.3) is 0 Å². The molecule has 0 bridgehead atoms. The highest BCUT2D eigenvalue weighted by Gasteiger charge is 2.42. The van der Waals surface area contributed by atoms with Gasteiger partial charge in [0.15, 0.2) is 0 Å². The molecule has 0 atom stereocenters. The van der Waals surface area contributed by atoms with Gasteiger partial charge in [0.05, 0.1) is 5.56 Å². The zero-order valence-corrected chi connectivity index (χ0v) is 15.9. The highest BCUT2D eigenvalue weighted by molar-refractivity contribution is 7.90. The third-order valence-corrected chi connectivity index (χ3v) is 6.50. The molecule has 1 heterocycles. The van der Waals surface area contributed by atoms with Crippen LogP contribution in [0.5, 0.6) is 0 Å². The largest absolute Gasteiger partial charge is 0.269 e. The quantitative estimate of drug-likeness (QED) is 0.666. The zero-order chi connectivity index (χ0) is 17.7. The van der Waals surface area contributed by atoms with Crippen LogP contribution in [-0.2, 0) is 22.9 Å². The van der Waals surface area contributed by atoms with Gasteiger partial charge < -0.3 is 0 Å². The standard InChI is InChI=1S/C19H29NO3S/c1-4-7-10-15-12-13-17-18(16(15)11-8-5-2)19(21)20(14-9-6-3)24(17,22)23/h12-13H,4-11,14H2,1-3H3. The van der Waals surface area contributed by atoms with E-state index >= 15 is 0 Å². The average Bonchev–Trinajstić information content (AvgIpc) is 2.76. The summed E-state index contributed by atoms with van der Waals surface area (Å²) < 4.78 is 26.6. The van der Waals surface area contributed by atoms with Gasteiger partial charge >= 0.3 is 0 Å². The molecule has 0 aromatic heterocycles. The lowest BCUT2D eigenvalue weighted by Crippen LogP contribution is -2.31. The van der Waals surface area contributed by atoms with E-state index in [2.05, 4.69) is 13.8 Å². The number of nitrogens with zero attached hydrogens (tertiary/aromatic N) is 1. The van der Waals surface area contributed by atoms with Crippen LogP contribution in [0.2, 0.25) is 0 Å². The highest BCUT2D eigenvalue weighted by Crippen LogP contribution is 2.35. The van der Waals surface area contributed by atoms with E-state index in [4.69, 9.17) is 0 Å². The number of hydrogen-bond donors (Lipinski definition) is 0. The Morgan fingerprint density at radius 1 is 0.917 bits per heavy atom. The van der Waals surface area contributed by atoms with Crippen molar-refractivity contribution in [2.24, 2.45) is 0 Å². The predicted molar refractivity (Wildman–Crippen MR) is 96.8 cm³/mol. The molecule has 0 saturated heterocycles. The van der Waals surface area contributed by atoms with Crippen molar-refractivity contribution in [3.8, 4) is 0 Å². The van der Waals surface area contributed by atoms with E-state index in [0.717, 1.165) is 60.4 Å². The van der Waals surface area contributed by atoms with Gasteiger partial charge in [-0.1, -0.05) is 46.1 Å². The maximum atomic E-state index is 12.9. The summed E-state index contributed by atoms with van der Waals surface area (Å²) in [6, 6.07) is 3.57. The van der Waals surface area contributed by atoms with Crippen LogP contribution in [-0.4, -0.2) is 25.2 Å². The molecule has 0 saturated carbocycles. The van der Waals surface area contributed by atoms with Crippen molar-refractivity contribution in [2.45, 2.75) is 77.0 Å². The summed E-state index contributed by atoms with van der Waals surface area (Å²) in [6.07, 6.45) is 7.38. The Morgan fingerprint density at radius 3 is 2.17 bits per heavy atom. The smallest absolute Gasteiger partial charge is 0.268 e. The number of hydrogen-bond acceptors (Lipinski definition) is 3. The Balaban J connectivity index is 2.51. The fourth-order valence-electron chi connectivity index (χ4n) is 3.24. The van der Waals surface area contributed by atoms with Gasteiger partial charge in [0.1, 0.15) is 4.90 Å². The third kappa shape index (κ3) is 3.51. The molecule has 0 radical (unpaired) electrons. The van der Waals surface area contributed by atoms with Crippen molar-refractivity contribution in [1.29, 1.82) is 0 Å². The molecule has 24 heavy (non-hydrogen) atoms. The van der Waals surface area contributed by atoms with Gasteiger partial charge in [-0.2, -0.15) is 0 Å². The molecule has 1 aromatic rings. The van der Waals surface area contributed by atoms with Crippen LogP contribution >= 0.6 is 0 Å². The number of amides is 1. The minimum absolute atomic E-state index is 0.218. The Labute approximate surface area is 146 Å². The normalized spacial score (nSPS) is 15.8. The lowest BCUT2D eigenvalue weighted by Gasteiger charge is -2.14. The minimum Gasteiger partial charge on any atom is -0.268 e. The van der Waals surface area contributed by atoms with E-state index in [1.165, 1.54) is 0 Å².